The smallest absolute Gasteiger partial charge is 0.211 e. The molecule has 1 aromatic heterocycles. The van der Waals surface area contributed by atoms with E-state index in [0.29, 0.717) is 32.0 Å². The fourth-order valence-electron chi connectivity index (χ4n) is 2.85. The minimum absolute atomic E-state index is 0.155. The van der Waals surface area contributed by atoms with Crippen molar-refractivity contribution in [1.29, 1.82) is 0 Å². The summed E-state index contributed by atoms with van der Waals surface area (Å²) in [4.78, 5) is 0. The molecule has 1 unspecified atom stereocenters. The van der Waals surface area contributed by atoms with Gasteiger partial charge in [0.05, 0.1) is 12.3 Å². The van der Waals surface area contributed by atoms with Crippen molar-refractivity contribution in [3.05, 3.63) is 53.9 Å². The van der Waals surface area contributed by atoms with Gasteiger partial charge >= 0.3 is 0 Å². The number of sulfonamides is 1. The van der Waals surface area contributed by atoms with E-state index >= 15 is 0 Å². The second-order valence-corrected chi connectivity index (χ2v) is 8.06. The zero-order valence-electron chi connectivity index (χ0n) is 13.6. The van der Waals surface area contributed by atoms with E-state index in [0.717, 1.165) is 24.2 Å². The van der Waals surface area contributed by atoms with E-state index in [1.54, 1.807) is 6.20 Å². The van der Waals surface area contributed by atoms with Crippen molar-refractivity contribution in [2.45, 2.75) is 25.9 Å². The van der Waals surface area contributed by atoms with Crippen molar-refractivity contribution >= 4 is 10.0 Å². The molecule has 1 atom stereocenters. The lowest BCUT2D eigenvalue weighted by Crippen LogP contribution is -2.27. The lowest BCUT2D eigenvalue weighted by molar-refractivity contribution is 0.185. The topological polar surface area (TPSA) is 73.2 Å². The number of ether oxygens (including phenoxy) is 1. The zero-order chi connectivity index (χ0) is 16.8. The summed E-state index contributed by atoms with van der Waals surface area (Å²) in [6, 6.07) is 9.70. The van der Waals surface area contributed by atoms with Crippen LogP contribution in [0.4, 0.5) is 0 Å². The Labute approximate surface area is 142 Å². The summed E-state index contributed by atoms with van der Waals surface area (Å²) in [6.07, 6.45) is 5.25. The van der Waals surface area contributed by atoms with Gasteiger partial charge in [-0.25, -0.2) is 13.1 Å². The van der Waals surface area contributed by atoms with E-state index in [-0.39, 0.29) is 5.75 Å². The molecule has 24 heavy (non-hydrogen) atoms. The number of aromatic nitrogens is 2. The van der Waals surface area contributed by atoms with Crippen LogP contribution >= 0.6 is 0 Å². The van der Waals surface area contributed by atoms with E-state index in [1.807, 2.05) is 41.2 Å². The van der Waals surface area contributed by atoms with Gasteiger partial charge in [-0.2, -0.15) is 5.10 Å². The standard InChI is InChI=1S/C17H23N3O3S/c21-24(22,11-7-15-6-10-23-14-15)19-12-16-4-1-2-5-17(16)13-20-9-3-8-18-20/h1-5,8-9,15,19H,6-7,10-14H2. The molecule has 0 aliphatic carbocycles. The molecule has 0 amide bonds. The molecule has 1 aliphatic heterocycles. The Hall–Kier alpha value is -1.70. The number of rotatable bonds is 8. The summed E-state index contributed by atoms with van der Waals surface area (Å²) >= 11 is 0. The first-order valence-electron chi connectivity index (χ1n) is 8.22. The van der Waals surface area contributed by atoms with Gasteiger partial charge in [0, 0.05) is 32.2 Å². The SMILES string of the molecule is O=S(=O)(CCC1CCOC1)NCc1ccccc1Cn1cccn1. The Bertz CT molecular complexity index is 738. The van der Waals surface area contributed by atoms with Gasteiger partial charge in [-0.1, -0.05) is 24.3 Å². The molecule has 1 fully saturated rings. The predicted octanol–water partition coefficient (Wildman–Crippen LogP) is 1.78. The molecule has 1 aromatic carbocycles. The van der Waals surface area contributed by atoms with E-state index in [4.69, 9.17) is 4.74 Å². The van der Waals surface area contributed by atoms with Crippen molar-refractivity contribution in [2.75, 3.05) is 19.0 Å². The van der Waals surface area contributed by atoms with Crippen molar-refractivity contribution in [2.24, 2.45) is 5.92 Å². The summed E-state index contributed by atoms with van der Waals surface area (Å²) in [5.74, 6) is 0.524. The molecule has 7 heteroatoms. The van der Waals surface area contributed by atoms with Crippen LogP contribution in [-0.4, -0.2) is 37.2 Å². The quantitative estimate of drug-likeness (QED) is 0.788. The third-order valence-corrected chi connectivity index (χ3v) is 5.67. The molecule has 0 spiro atoms. The summed E-state index contributed by atoms with van der Waals surface area (Å²) in [5.41, 5.74) is 2.04. The van der Waals surface area contributed by atoms with E-state index in [1.165, 1.54) is 0 Å². The number of nitrogens with zero attached hydrogens (tertiary/aromatic N) is 2. The molecule has 0 radical (unpaired) electrons. The molecule has 1 aliphatic rings. The van der Waals surface area contributed by atoms with E-state index < -0.39 is 10.0 Å². The first-order valence-corrected chi connectivity index (χ1v) is 9.87. The van der Waals surface area contributed by atoms with Crippen molar-refractivity contribution < 1.29 is 13.2 Å². The van der Waals surface area contributed by atoms with Gasteiger partial charge in [0.1, 0.15) is 0 Å². The number of hydrogen-bond acceptors (Lipinski definition) is 4. The Kier molecular flexibility index (Phi) is 5.65. The Morgan fingerprint density at radius 1 is 1.25 bits per heavy atom. The summed E-state index contributed by atoms with van der Waals surface area (Å²) in [6.45, 7) is 2.37. The van der Waals surface area contributed by atoms with Crippen LogP contribution in [0.15, 0.2) is 42.7 Å². The molecule has 130 valence electrons. The third-order valence-electron chi connectivity index (χ3n) is 4.31. The van der Waals surface area contributed by atoms with Crippen LogP contribution in [0, 0.1) is 5.92 Å². The predicted molar refractivity (Wildman–Crippen MR) is 91.9 cm³/mol. The second-order valence-electron chi connectivity index (χ2n) is 6.13. The highest BCUT2D eigenvalue weighted by Gasteiger charge is 2.19. The average molecular weight is 349 g/mol. The minimum atomic E-state index is -3.27. The molecule has 3 rings (SSSR count). The first-order chi connectivity index (χ1) is 11.6. The van der Waals surface area contributed by atoms with Crippen LogP contribution in [0.5, 0.6) is 0 Å². The zero-order valence-corrected chi connectivity index (χ0v) is 14.4. The molecular formula is C17H23N3O3S. The maximum absolute atomic E-state index is 12.2. The molecule has 0 bridgehead atoms. The Morgan fingerprint density at radius 2 is 2.08 bits per heavy atom. The third kappa shape index (κ3) is 4.90. The van der Waals surface area contributed by atoms with Crippen LogP contribution in [0.1, 0.15) is 24.0 Å². The van der Waals surface area contributed by atoms with Crippen molar-refractivity contribution in [3.8, 4) is 0 Å². The summed E-state index contributed by atoms with van der Waals surface area (Å²) in [5, 5.41) is 4.20. The largest absolute Gasteiger partial charge is 0.381 e. The van der Waals surface area contributed by atoms with Gasteiger partial charge in [-0.05, 0) is 36.0 Å². The van der Waals surface area contributed by atoms with E-state index in [2.05, 4.69) is 9.82 Å². The van der Waals surface area contributed by atoms with Crippen LogP contribution in [0.2, 0.25) is 0 Å². The average Bonchev–Trinajstić information content (AvgIpc) is 3.26. The maximum atomic E-state index is 12.2. The lowest BCUT2D eigenvalue weighted by Gasteiger charge is -2.12. The maximum Gasteiger partial charge on any atom is 0.211 e. The molecule has 2 aromatic rings. The second kappa shape index (κ2) is 7.92. The molecule has 6 nitrogen and oxygen atoms in total. The normalized spacial score (nSPS) is 18.1. The molecule has 2 heterocycles. The molecule has 0 saturated carbocycles. The highest BCUT2D eigenvalue weighted by molar-refractivity contribution is 7.89. The van der Waals surface area contributed by atoms with E-state index in [9.17, 15) is 8.42 Å². The van der Waals surface area contributed by atoms with Gasteiger partial charge in [-0.3, -0.25) is 4.68 Å². The summed E-state index contributed by atoms with van der Waals surface area (Å²) in [7, 11) is -3.27. The monoisotopic (exact) mass is 349 g/mol. The van der Waals surface area contributed by atoms with Crippen molar-refractivity contribution in [3.63, 3.8) is 0 Å². The van der Waals surface area contributed by atoms with Gasteiger partial charge in [0.2, 0.25) is 10.0 Å². The first kappa shape index (κ1) is 17.1. The van der Waals surface area contributed by atoms with Crippen LogP contribution in [0.25, 0.3) is 0 Å². The summed E-state index contributed by atoms with van der Waals surface area (Å²) < 4.78 is 34.3. The van der Waals surface area contributed by atoms with Crippen molar-refractivity contribution in [1.82, 2.24) is 14.5 Å². The minimum Gasteiger partial charge on any atom is -0.381 e. The van der Waals surface area contributed by atoms with Gasteiger partial charge in [-0.15, -0.1) is 0 Å². The van der Waals surface area contributed by atoms with Gasteiger partial charge in [0.25, 0.3) is 0 Å². The fraction of sp³-hybridized carbons (Fsp3) is 0.471. The molecule has 1 saturated heterocycles. The molecule has 1 N–H and O–H groups in total. The highest BCUT2D eigenvalue weighted by Crippen LogP contribution is 2.17. The Balaban J connectivity index is 1.57. The van der Waals surface area contributed by atoms with Crippen LogP contribution in [0.3, 0.4) is 0 Å². The molecular weight excluding hydrogens is 326 g/mol. The fourth-order valence-corrected chi connectivity index (χ4v) is 4.01. The van der Waals surface area contributed by atoms with Gasteiger partial charge in [0.15, 0.2) is 0 Å². The Morgan fingerprint density at radius 3 is 2.79 bits per heavy atom. The lowest BCUT2D eigenvalue weighted by atomic mass is 10.1. The van der Waals surface area contributed by atoms with Crippen LogP contribution < -0.4 is 4.72 Å². The van der Waals surface area contributed by atoms with Gasteiger partial charge < -0.3 is 4.74 Å². The number of nitrogens with one attached hydrogen (secondary N) is 1. The number of benzene rings is 1. The van der Waals surface area contributed by atoms with Crippen LogP contribution in [-0.2, 0) is 27.8 Å². The highest BCUT2D eigenvalue weighted by atomic mass is 32.2. The number of hydrogen-bond donors (Lipinski definition) is 1.